The maximum absolute atomic E-state index is 10.9. The molecule has 1 rings (SSSR count). The number of hydrogen-bond acceptors (Lipinski definition) is 11. The summed E-state index contributed by atoms with van der Waals surface area (Å²) >= 11 is 0. The lowest BCUT2D eigenvalue weighted by Gasteiger charge is -2.48. The van der Waals surface area contributed by atoms with Crippen LogP contribution in [0.4, 0.5) is 0 Å². The van der Waals surface area contributed by atoms with Crippen LogP contribution in [0.15, 0.2) is 0 Å². The van der Waals surface area contributed by atoms with E-state index in [0.29, 0.717) is 30.5 Å². The molecular weight excluding hydrogens is 937 g/mol. The fourth-order valence-electron chi connectivity index (χ4n) is 5.82. The van der Waals surface area contributed by atoms with Gasteiger partial charge in [-0.3, -0.25) is 4.18 Å². The topological polar surface area (TPSA) is 141 Å². The predicted octanol–water partition coefficient (Wildman–Crippen LogP) is 11.9. The summed E-state index contributed by atoms with van der Waals surface area (Å²) in [6, 6.07) is 2.01. The van der Waals surface area contributed by atoms with E-state index in [2.05, 4.69) is 186 Å². The minimum atomic E-state index is -4.14. The third-order valence-electron chi connectivity index (χ3n) is 13.7. The Bertz CT molecular complexity index is 1500. The Balaban J connectivity index is -0.000000991. The smallest absolute Gasteiger partial charge is 0.314 e. The van der Waals surface area contributed by atoms with Crippen LogP contribution in [0.2, 0.25) is 97.7 Å². The molecule has 0 unspecified atom stereocenters. The van der Waals surface area contributed by atoms with Crippen LogP contribution < -0.4 is 0 Å². The summed E-state index contributed by atoms with van der Waals surface area (Å²) in [4.78, 5) is 2.26. The van der Waals surface area contributed by atoms with Crippen molar-refractivity contribution in [3.63, 3.8) is 0 Å². The second-order valence-electron chi connectivity index (χ2n) is 25.2. The van der Waals surface area contributed by atoms with Crippen molar-refractivity contribution in [1.82, 2.24) is 4.90 Å². The summed E-state index contributed by atoms with van der Waals surface area (Å²) in [6.07, 6.45) is 3.17. The Labute approximate surface area is 399 Å². The molecule has 0 aliphatic carbocycles. The van der Waals surface area contributed by atoms with E-state index in [-0.39, 0.29) is 39.1 Å². The van der Waals surface area contributed by atoms with Crippen LogP contribution in [0.1, 0.15) is 116 Å². The zero-order valence-electron chi connectivity index (χ0n) is 45.3. The first-order valence-electron chi connectivity index (χ1n) is 22.9. The van der Waals surface area contributed by atoms with Gasteiger partial charge in [0.2, 0.25) is 0 Å². The maximum atomic E-state index is 10.9. The van der Waals surface area contributed by atoms with Crippen molar-refractivity contribution in [3.8, 4) is 0 Å². The first-order valence-corrected chi connectivity index (χ1v) is 42.8. The van der Waals surface area contributed by atoms with Gasteiger partial charge in [-0.25, -0.2) is 8.42 Å². The van der Waals surface area contributed by atoms with Crippen molar-refractivity contribution < 1.29 is 46.5 Å². The van der Waals surface area contributed by atoms with Crippen molar-refractivity contribution in [2.24, 2.45) is 0 Å². The van der Waals surface area contributed by atoms with Crippen molar-refractivity contribution in [2.75, 3.05) is 65.9 Å². The van der Waals surface area contributed by atoms with Crippen molar-refractivity contribution in [1.29, 1.82) is 0 Å². The van der Waals surface area contributed by atoms with E-state index < -0.39 is 70.6 Å². The van der Waals surface area contributed by atoms with Crippen LogP contribution in [-0.4, -0.2) is 147 Å². The average Bonchev–Trinajstić information content (AvgIpc) is 3.36. The zero-order chi connectivity index (χ0) is 50.1. The lowest BCUT2D eigenvalue weighted by Crippen LogP contribution is -2.59. The summed E-state index contributed by atoms with van der Waals surface area (Å²) in [5, 5.41) is 0.688. The van der Waals surface area contributed by atoms with Crippen LogP contribution >= 0.6 is 0 Å². The summed E-state index contributed by atoms with van der Waals surface area (Å²) in [5.74, 6) is -0.0862. The van der Waals surface area contributed by atoms with Gasteiger partial charge in [0.05, 0.1) is 49.7 Å². The van der Waals surface area contributed by atoms with Gasteiger partial charge in [-0.15, -0.1) is 0 Å². The van der Waals surface area contributed by atoms with Gasteiger partial charge in [-0.1, -0.05) is 90.5 Å². The van der Waals surface area contributed by atoms with E-state index in [4.69, 9.17) is 16.5 Å². The van der Waals surface area contributed by atoms with Crippen molar-refractivity contribution >= 4 is 70.6 Å². The third kappa shape index (κ3) is 27.0. The highest BCUT2D eigenvalue weighted by Gasteiger charge is 2.51. The largest absolute Gasteiger partial charge is 0.748 e. The molecule has 0 atom stereocenters. The standard InChI is InChI=1S/C21H51NO5SSi3.C18H45NO2Si3.C3H6O3S.CH4/c1-20(2,3)29(9,10)26-31(13,27-30(11,12)21(4,5)6)19-15-17-22(7,8)16-14-18-28(23,24)25;1-17(2,3)22(9,10)20-24(13,16-14-15-19(7)8)21-23(11,12)18(4,5)6;4-7(5)3-1-2-6-7;/h14-19H2,1-13H3;14-16H2,1-13H3;1-3H2;1H4. The molecular formula is C43H106N2O10S2Si6. The van der Waals surface area contributed by atoms with Gasteiger partial charge in [0.15, 0.2) is 33.3 Å². The zero-order valence-corrected chi connectivity index (χ0v) is 52.9. The number of rotatable bonds is 20. The Hall–Kier alpha value is 0.881. The van der Waals surface area contributed by atoms with Gasteiger partial charge in [-0.05, 0) is 138 Å². The van der Waals surface area contributed by atoms with E-state index in [1.54, 1.807) is 0 Å². The molecule has 0 N–H and O–H groups in total. The van der Waals surface area contributed by atoms with Gasteiger partial charge in [0.1, 0.15) is 0 Å². The summed E-state index contributed by atoms with van der Waals surface area (Å²) < 4.78 is 86.1. The SMILES string of the molecule is C.CC(C)(C)[Si](C)(C)O[Si](C)(CCC[N+](C)(C)CCCS(=O)(=O)[O-])O[Si](C)(C)C(C)(C)C.CN(C)CCC[Si](C)(O[Si](C)(C)C(C)(C)C)O[Si](C)(C)C(C)(C)C.O=S1(=O)CCCO1. The second-order valence-corrected chi connectivity index (χ2v) is 55.3. The van der Waals surface area contributed by atoms with Crippen molar-refractivity contribution in [3.05, 3.63) is 0 Å². The molecule has 0 aromatic carbocycles. The molecule has 12 nitrogen and oxygen atoms in total. The van der Waals surface area contributed by atoms with E-state index in [1.165, 1.54) is 0 Å². The highest BCUT2D eigenvalue weighted by atomic mass is 32.2. The molecule has 0 radical (unpaired) electrons. The molecule has 0 spiro atoms. The fraction of sp³-hybridized carbons (Fsp3) is 1.00. The van der Waals surface area contributed by atoms with Crippen LogP contribution in [0.3, 0.4) is 0 Å². The Kier molecular flexibility index (Phi) is 26.6. The van der Waals surface area contributed by atoms with Gasteiger partial charge >= 0.3 is 17.1 Å². The molecule has 1 aliphatic rings. The van der Waals surface area contributed by atoms with E-state index in [9.17, 15) is 21.4 Å². The molecule has 0 aromatic rings. The highest BCUT2D eigenvalue weighted by molar-refractivity contribution is 7.86. The molecule has 1 aliphatic heterocycles. The van der Waals surface area contributed by atoms with Crippen LogP contribution in [-0.2, 0) is 40.9 Å². The van der Waals surface area contributed by atoms with Gasteiger partial charge in [-0.2, -0.15) is 8.42 Å². The quantitative estimate of drug-likeness (QED) is 0.0498. The van der Waals surface area contributed by atoms with Gasteiger partial charge < -0.3 is 30.4 Å². The maximum Gasteiger partial charge on any atom is 0.314 e. The predicted molar refractivity (Wildman–Crippen MR) is 286 cm³/mol. The lowest BCUT2D eigenvalue weighted by atomic mass is 10.2. The summed E-state index contributed by atoms with van der Waals surface area (Å²) in [7, 11) is -11.0. The molecule has 0 bridgehead atoms. The Morgan fingerprint density at radius 2 is 0.905 bits per heavy atom. The monoisotopic (exact) mass is 1040 g/mol. The molecule has 1 heterocycles. The third-order valence-corrected chi connectivity index (χ3v) is 47.8. The summed E-state index contributed by atoms with van der Waals surface area (Å²) in [6.45, 7) is 53.8. The molecule has 0 saturated carbocycles. The number of quaternary nitrogens is 1. The normalized spacial score (nSPS) is 16.5. The Morgan fingerprint density at radius 1 is 0.603 bits per heavy atom. The molecule has 20 heteroatoms. The molecule has 0 aromatic heterocycles. The molecule has 63 heavy (non-hydrogen) atoms. The van der Waals surface area contributed by atoms with Crippen molar-refractivity contribution in [2.45, 2.75) is 214 Å². The van der Waals surface area contributed by atoms with Gasteiger partial charge in [0.25, 0.3) is 10.1 Å². The minimum Gasteiger partial charge on any atom is -0.748 e. The second kappa shape index (κ2) is 24.6. The molecule has 1 saturated heterocycles. The van der Waals surface area contributed by atoms with Crippen LogP contribution in [0.25, 0.3) is 0 Å². The first kappa shape index (κ1) is 68.1. The van der Waals surface area contributed by atoms with E-state index >= 15 is 0 Å². The van der Waals surface area contributed by atoms with E-state index in [1.807, 2.05) is 0 Å². The van der Waals surface area contributed by atoms with Crippen LogP contribution in [0.5, 0.6) is 0 Å². The van der Waals surface area contributed by atoms with Crippen LogP contribution in [0, 0.1) is 0 Å². The number of hydrogen-bond donors (Lipinski definition) is 0. The van der Waals surface area contributed by atoms with Gasteiger partial charge in [0, 0.05) is 12.2 Å². The molecule has 0 amide bonds. The Morgan fingerprint density at radius 3 is 1.13 bits per heavy atom. The average molecular weight is 1040 g/mol. The highest BCUT2D eigenvalue weighted by Crippen LogP contribution is 2.45. The molecule has 384 valence electrons. The lowest BCUT2D eigenvalue weighted by molar-refractivity contribution is -0.890. The minimum absolute atomic E-state index is 0. The number of nitrogens with zero attached hydrogens (tertiary/aromatic N) is 2. The summed E-state index contributed by atoms with van der Waals surface area (Å²) in [5.41, 5.74) is 0. The first-order chi connectivity index (χ1) is 26.9. The molecule has 1 fully saturated rings. The van der Waals surface area contributed by atoms with E-state index in [0.717, 1.165) is 38.0 Å². The fourth-order valence-corrected chi connectivity index (χ4v) is 33.8.